The summed E-state index contributed by atoms with van der Waals surface area (Å²) in [6.07, 6.45) is 1.48. The first-order chi connectivity index (χ1) is 10.4. The molecule has 120 valence electrons. The number of aryl methyl sites for hydroxylation is 3. The van der Waals surface area contributed by atoms with Crippen molar-refractivity contribution in [2.24, 2.45) is 0 Å². The second-order valence-corrected chi connectivity index (χ2v) is 6.20. The van der Waals surface area contributed by atoms with Crippen LogP contribution in [0.2, 0.25) is 0 Å². The number of carbonyl (C=O) groups is 2. The van der Waals surface area contributed by atoms with E-state index in [-0.39, 0.29) is 11.8 Å². The zero-order chi connectivity index (χ0) is 16.3. The molecule has 4 nitrogen and oxygen atoms in total. The molecule has 0 aromatic heterocycles. The van der Waals surface area contributed by atoms with Crippen molar-refractivity contribution >= 4 is 11.8 Å². The van der Waals surface area contributed by atoms with Crippen LogP contribution in [0.25, 0.3) is 0 Å². The Morgan fingerprint density at radius 1 is 0.955 bits per heavy atom. The number of carbonyl (C=O) groups excluding carboxylic acids is 2. The molecule has 0 saturated carbocycles. The van der Waals surface area contributed by atoms with Gasteiger partial charge >= 0.3 is 0 Å². The smallest absolute Gasteiger partial charge is 0.254 e. The minimum Gasteiger partial charge on any atom is -0.339 e. The van der Waals surface area contributed by atoms with Crippen molar-refractivity contribution in [2.75, 3.05) is 26.2 Å². The number of piperazine rings is 1. The highest BCUT2D eigenvalue weighted by molar-refractivity contribution is 5.97. The van der Waals surface area contributed by atoms with Crippen LogP contribution >= 0.6 is 0 Å². The van der Waals surface area contributed by atoms with Gasteiger partial charge in [0.1, 0.15) is 0 Å². The Morgan fingerprint density at radius 3 is 1.95 bits per heavy atom. The molecule has 1 aliphatic heterocycles. The lowest BCUT2D eigenvalue weighted by Crippen LogP contribution is -2.50. The van der Waals surface area contributed by atoms with Crippen LogP contribution in [0.4, 0.5) is 0 Å². The summed E-state index contributed by atoms with van der Waals surface area (Å²) in [5, 5.41) is 0. The summed E-state index contributed by atoms with van der Waals surface area (Å²) in [6, 6.07) is 4.11. The number of rotatable bonds is 3. The topological polar surface area (TPSA) is 40.6 Å². The van der Waals surface area contributed by atoms with Crippen LogP contribution in [0.3, 0.4) is 0 Å². The Hall–Kier alpha value is -1.84. The molecule has 2 amide bonds. The van der Waals surface area contributed by atoms with E-state index in [1.54, 1.807) is 0 Å². The molecule has 0 atom stereocenters. The molecule has 4 heteroatoms. The van der Waals surface area contributed by atoms with Crippen molar-refractivity contribution in [1.29, 1.82) is 0 Å². The molecule has 0 spiro atoms. The lowest BCUT2D eigenvalue weighted by atomic mass is 9.98. The molecule has 0 unspecified atom stereocenters. The highest BCUT2D eigenvalue weighted by Crippen LogP contribution is 2.19. The molecule has 22 heavy (non-hydrogen) atoms. The maximum absolute atomic E-state index is 12.8. The van der Waals surface area contributed by atoms with Crippen molar-refractivity contribution in [1.82, 2.24) is 9.80 Å². The second kappa shape index (κ2) is 6.95. The molecule has 1 saturated heterocycles. The Balaban J connectivity index is 2.06. The Morgan fingerprint density at radius 2 is 1.45 bits per heavy atom. The summed E-state index contributed by atoms with van der Waals surface area (Å²) in [5.74, 6) is 0.301. The van der Waals surface area contributed by atoms with Crippen LogP contribution in [0.5, 0.6) is 0 Å². The van der Waals surface area contributed by atoms with Crippen LogP contribution < -0.4 is 0 Å². The van der Waals surface area contributed by atoms with Gasteiger partial charge in [-0.05, 0) is 38.3 Å². The first kappa shape index (κ1) is 16.5. The van der Waals surface area contributed by atoms with Crippen LogP contribution in [0.15, 0.2) is 12.1 Å². The van der Waals surface area contributed by atoms with Gasteiger partial charge in [-0.3, -0.25) is 9.59 Å². The van der Waals surface area contributed by atoms with E-state index < -0.39 is 0 Å². The largest absolute Gasteiger partial charge is 0.339 e. The Bertz CT molecular complexity index is 549. The third-order valence-corrected chi connectivity index (χ3v) is 4.27. The highest BCUT2D eigenvalue weighted by Gasteiger charge is 2.26. The molecule has 0 bridgehead atoms. The van der Waals surface area contributed by atoms with Gasteiger partial charge in [0, 0.05) is 38.2 Å². The van der Waals surface area contributed by atoms with E-state index in [0.717, 1.165) is 23.1 Å². The van der Waals surface area contributed by atoms with Gasteiger partial charge in [-0.25, -0.2) is 0 Å². The van der Waals surface area contributed by atoms with E-state index in [1.807, 2.05) is 37.5 Å². The molecule has 1 aromatic carbocycles. The summed E-state index contributed by atoms with van der Waals surface area (Å²) in [6.45, 7) is 10.6. The standard InChI is InChI=1S/C18H26N2O2/c1-5-6-16(21)19-7-9-20(10-8-19)18(22)17-14(3)11-13(2)12-15(17)4/h11-12H,5-10H2,1-4H3. The van der Waals surface area contributed by atoms with Gasteiger partial charge in [0.2, 0.25) is 5.91 Å². The summed E-state index contributed by atoms with van der Waals surface area (Å²) >= 11 is 0. The third-order valence-electron chi connectivity index (χ3n) is 4.27. The van der Waals surface area contributed by atoms with E-state index in [9.17, 15) is 9.59 Å². The maximum atomic E-state index is 12.8. The Kier molecular flexibility index (Phi) is 5.22. The SMILES string of the molecule is CCCC(=O)N1CCN(C(=O)c2c(C)cc(C)cc2C)CC1. The van der Waals surface area contributed by atoms with Crippen LogP contribution in [-0.4, -0.2) is 47.8 Å². The van der Waals surface area contributed by atoms with E-state index in [1.165, 1.54) is 5.56 Å². The van der Waals surface area contributed by atoms with Crippen molar-refractivity contribution in [3.05, 3.63) is 34.4 Å². The normalized spacial score (nSPS) is 15.1. The molecular formula is C18H26N2O2. The van der Waals surface area contributed by atoms with Crippen molar-refractivity contribution in [3.8, 4) is 0 Å². The number of amides is 2. The number of benzene rings is 1. The fourth-order valence-electron chi connectivity index (χ4n) is 3.21. The zero-order valence-electron chi connectivity index (χ0n) is 14.1. The predicted octanol–water partition coefficient (Wildman–Crippen LogP) is 2.70. The number of hydrogen-bond donors (Lipinski definition) is 0. The zero-order valence-corrected chi connectivity index (χ0v) is 14.1. The van der Waals surface area contributed by atoms with E-state index in [2.05, 4.69) is 12.1 Å². The van der Waals surface area contributed by atoms with Gasteiger partial charge < -0.3 is 9.80 Å². The van der Waals surface area contributed by atoms with Gasteiger partial charge in [0.15, 0.2) is 0 Å². The van der Waals surface area contributed by atoms with Gasteiger partial charge in [-0.2, -0.15) is 0 Å². The van der Waals surface area contributed by atoms with Crippen molar-refractivity contribution < 1.29 is 9.59 Å². The van der Waals surface area contributed by atoms with Crippen molar-refractivity contribution in [2.45, 2.75) is 40.5 Å². The molecule has 1 aliphatic rings. The monoisotopic (exact) mass is 302 g/mol. The highest BCUT2D eigenvalue weighted by atomic mass is 16.2. The second-order valence-electron chi connectivity index (χ2n) is 6.20. The molecular weight excluding hydrogens is 276 g/mol. The number of nitrogens with zero attached hydrogens (tertiary/aromatic N) is 2. The van der Waals surface area contributed by atoms with E-state index >= 15 is 0 Å². The third kappa shape index (κ3) is 3.49. The summed E-state index contributed by atoms with van der Waals surface area (Å²) in [4.78, 5) is 28.4. The van der Waals surface area contributed by atoms with E-state index in [0.29, 0.717) is 32.6 Å². The van der Waals surface area contributed by atoms with Crippen LogP contribution in [0.1, 0.15) is 46.8 Å². The lowest BCUT2D eigenvalue weighted by molar-refractivity contribution is -0.132. The molecule has 2 rings (SSSR count). The minimum absolute atomic E-state index is 0.0950. The predicted molar refractivity (Wildman–Crippen MR) is 88.0 cm³/mol. The van der Waals surface area contributed by atoms with Gasteiger partial charge in [0.25, 0.3) is 5.91 Å². The Labute approximate surface area is 133 Å². The first-order valence-corrected chi connectivity index (χ1v) is 8.09. The van der Waals surface area contributed by atoms with Crippen LogP contribution in [0, 0.1) is 20.8 Å². The van der Waals surface area contributed by atoms with Crippen molar-refractivity contribution in [3.63, 3.8) is 0 Å². The number of hydrogen-bond acceptors (Lipinski definition) is 2. The van der Waals surface area contributed by atoms with E-state index in [4.69, 9.17) is 0 Å². The minimum atomic E-state index is 0.0950. The van der Waals surface area contributed by atoms with Gasteiger partial charge in [0.05, 0.1) is 0 Å². The first-order valence-electron chi connectivity index (χ1n) is 8.09. The summed E-state index contributed by atoms with van der Waals surface area (Å²) in [7, 11) is 0. The molecule has 0 aliphatic carbocycles. The van der Waals surface area contributed by atoms with Crippen LogP contribution in [-0.2, 0) is 4.79 Å². The molecule has 1 heterocycles. The maximum Gasteiger partial charge on any atom is 0.254 e. The fraction of sp³-hybridized carbons (Fsp3) is 0.556. The molecule has 1 fully saturated rings. The quantitative estimate of drug-likeness (QED) is 0.861. The fourth-order valence-corrected chi connectivity index (χ4v) is 3.21. The van der Waals surface area contributed by atoms with Gasteiger partial charge in [-0.15, -0.1) is 0 Å². The summed E-state index contributed by atoms with van der Waals surface area (Å²) < 4.78 is 0. The average molecular weight is 302 g/mol. The average Bonchev–Trinajstić information content (AvgIpc) is 2.46. The molecule has 0 N–H and O–H groups in total. The van der Waals surface area contributed by atoms with Gasteiger partial charge in [-0.1, -0.05) is 24.6 Å². The lowest BCUT2D eigenvalue weighted by Gasteiger charge is -2.35. The summed E-state index contributed by atoms with van der Waals surface area (Å²) in [5.41, 5.74) is 4.07. The molecule has 0 radical (unpaired) electrons. The molecule has 1 aromatic rings.